The standard InChI is InChI=1S/C19H27NO4/c1-22-17-9-7-14(13-18(17)23-2)8-10-19(21)20-11-12-24-16-6-4-3-5-15(16)20/h7,9,13,15-16H,3-6,8,10-12H2,1-2H3/t15-,16-/m1/s1. The molecule has 0 bridgehead atoms. The van der Waals surface area contributed by atoms with Crippen LogP contribution >= 0.6 is 0 Å². The lowest BCUT2D eigenvalue weighted by Crippen LogP contribution is -2.54. The van der Waals surface area contributed by atoms with E-state index in [-0.39, 0.29) is 18.1 Å². The van der Waals surface area contributed by atoms with Crippen LogP contribution in [0.4, 0.5) is 0 Å². The molecule has 1 amide bonds. The molecule has 0 radical (unpaired) electrons. The first-order valence-corrected chi connectivity index (χ1v) is 8.85. The van der Waals surface area contributed by atoms with Gasteiger partial charge in [-0.1, -0.05) is 18.9 Å². The maximum Gasteiger partial charge on any atom is 0.223 e. The summed E-state index contributed by atoms with van der Waals surface area (Å²) in [4.78, 5) is 14.8. The van der Waals surface area contributed by atoms with Crippen LogP contribution in [0, 0.1) is 0 Å². The normalized spacial score (nSPS) is 23.5. The van der Waals surface area contributed by atoms with Crippen LogP contribution in [0.5, 0.6) is 11.5 Å². The van der Waals surface area contributed by atoms with Gasteiger partial charge in [0.1, 0.15) is 0 Å². The Labute approximate surface area is 143 Å². The Hall–Kier alpha value is -1.75. The van der Waals surface area contributed by atoms with Crippen LogP contribution in [-0.4, -0.2) is 50.3 Å². The molecule has 1 aromatic carbocycles. The number of hydrogen-bond donors (Lipinski definition) is 0. The predicted octanol–water partition coefficient (Wildman–Crippen LogP) is 2.81. The fourth-order valence-corrected chi connectivity index (χ4v) is 3.84. The number of ether oxygens (including phenoxy) is 3. The van der Waals surface area contributed by atoms with Gasteiger partial charge in [0, 0.05) is 13.0 Å². The van der Waals surface area contributed by atoms with E-state index in [9.17, 15) is 4.79 Å². The first-order chi connectivity index (χ1) is 11.7. The van der Waals surface area contributed by atoms with Gasteiger partial charge in [0.05, 0.1) is 33.0 Å². The molecule has 0 unspecified atom stereocenters. The molecule has 1 aliphatic heterocycles. The van der Waals surface area contributed by atoms with E-state index < -0.39 is 0 Å². The van der Waals surface area contributed by atoms with Crippen LogP contribution in [0.25, 0.3) is 0 Å². The highest BCUT2D eigenvalue weighted by atomic mass is 16.5. The predicted molar refractivity (Wildman–Crippen MR) is 91.6 cm³/mol. The number of benzene rings is 1. The molecule has 0 N–H and O–H groups in total. The summed E-state index contributed by atoms with van der Waals surface area (Å²) >= 11 is 0. The molecule has 132 valence electrons. The van der Waals surface area contributed by atoms with Gasteiger partial charge in [-0.15, -0.1) is 0 Å². The zero-order valence-corrected chi connectivity index (χ0v) is 14.6. The van der Waals surface area contributed by atoms with Crippen molar-refractivity contribution < 1.29 is 19.0 Å². The van der Waals surface area contributed by atoms with Crippen LogP contribution in [0.2, 0.25) is 0 Å². The molecule has 1 saturated heterocycles. The van der Waals surface area contributed by atoms with Crippen molar-refractivity contribution in [2.45, 2.75) is 50.7 Å². The Balaban J connectivity index is 1.60. The quantitative estimate of drug-likeness (QED) is 0.831. The lowest BCUT2D eigenvalue weighted by Gasteiger charge is -2.43. The minimum Gasteiger partial charge on any atom is -0.493 e. The average Bonchev–Trinajstić information content (AvgIpc) is 2.65. The van der Waals surface area contributed by atoms with Crippen molar-refractivity contribution in [1.82, 2.24) is 4.90 Å². The van der Waals surface area contributed by atoms with E-state index in [1.165, 1.54) is 12.8 Å². The first kappa shape index (κ1) is 17.1. The highest BCUT2D eigenvalue weighted by molar-refractivity contribution is 5.77. The Morgan fingerprint density at radius 2 is 2.00 bits per heavy atom. The third-order valence-corrected chi connectivity index (χ3v) is 5.13. The minimum atomic E-state index is 0.241. The number of aryl methyl sites for hydroxylation is 1. The van der Waals surface area contributed by atoms with E-state index in [1.807, 2.05) is 18.2 Å². The minimum absolute atomic E-state index is 0.241. The number of rotatable bonds is 5. The molecule has 1 aromatic rings. The zero-order chi connectivity index (χ0) is 16.9. The Kier molecular flexibility index (Phi) is 5.61. The van der Waals surface area contributed by atoms with E-state index in [2.05, 4.69) is 4.90 Å². The number of hydrogen-bond acceptors (Lipinski definition) is 4. The van der Waals surface area contributed by atoms with Gasteiger partial charge in [-0.05, 0) is 37.0 Å². The molecule has 1 heterocycles. The van der Waals surface area contributed by atoms with Crippen molar-refractivity contribution in [2.75, 3.05) is 27.4 Å². The number of fused-ring (bicyclic) bond motifs is 1. The fourth-order valence-electron chi connectivity index (χ4n) is 3.84. The second kappa shape index (κ2) is 7.88. The summed E-state index contributed by atoms with van der Waals surface area (Å²) in [6.07, 6.45) is 6.07. The SMILES string of the molecule is COc1ccc(CCC(=O)N2CCO[C@@H]3CCCC[C@H]32)cc1OC. The first-order valence-electron chi connectivity index (χ1n) is 8.85. The summed E-state index contributed by atoms with van der Waals surface area (Å²) in [6, 6.07) is 6.13. The lowest BCUT2D eigenvalue weighted by atomic mass is 9.90. The Bertz CT molecular complexity index is 572. The van der Waals surface area contributed by atoms with Gasteiger partial charge in [0.25, 0.3) is 0 Å². The van der Waals surface area contributed by atoms with Gasteiger partial charge in [0.15, 0.2) is 11.5 Å². The summed E-state index contributed by atoms with van der Waals surface area (Å²) in [5.41, 5.74) is 1.09. The van der Waals surface area contributed by atoms with Gasteiger partial charge in [-0.25, -0.2) is 0 Å². The summed E-state index contributed by atoms with van der Waals surface area (Å²) in [6.45, 7) is 1.40. The van der Waals surface area contributed by atoms with Crippen molar-refractivity contribution >= 4 is 5.91 Å². The second-order valence-electron chi connectivity index (χ2n) is 6.54. The van der Waals surface area contributed by atoms with E-state index >= 15 is 0 Å². The lowest BCUT2D eigenvalue weighted by molar-refractivity contribution is -0.149. The number of methoxy groups -OCH3 is 2. The molecular weight excluding hydrogens is 306 g/mol. The van der Waals surface area contributed by atoms with Gasteiger partial charge in [0.2, 0.25) is 5.91 Å². The van der Waals surface area contributed by atoms with E-state index in [0.717, 1.165) is 24.9 Å². The Morgan fingerprint density at radius 3 is 2.79 bits per heavy atom. The third-order valence-electron chi connectivity index (χ3n) is 5.13. The molecule has 2 fully saturated rings. The maximum atomic E-state index is 12.7. The van der Waals surface area contributed by atoms with Crippen molar-refractivity contribution in [1.29, 1.82) is 0 Å². The molecule has 3 rings (SSSR count). The van der Waals surface area contributed by atoms with Gasteiger partial charge >= 0.3 is 0 Å². The van der Waals surface area contributed by atoms with Crippen LogP contribution in [0.3, 0.4) is 0 Å². The Morgan fingerprint density at radius 1 is 1.21 bits per heavy atom. The molecule has 24 heavy (non-hydrogen) atoms. The smallest absolute Gasteiger partial charge is 0.223 e. The van der Waals surface area contributed by atoms with Gasteiger partial charge in [-0.2, -0.15) is 0 Å². The van der Waals surface area contributed by atoms with Crippen LogP contribution < -0.4 is 9.47 Å². The molecule has 5 nitrogen and oxygen atoms in total. The zero-order valence-electron chi connectivity index (χ0n) is 14.6. The van der Waals surface area contributed by atoms with Crippen molar-refractivity contribution in [3.8, 4) is 11.5 Å². The van der Waals surface area contributed by atoms with E-state index in [4.69, 9.17) is 14.2 Å². The molecule has 1 aliphatic carbocycles. The second-order valence-corrected chi connectivity index (χ2v) is 6.54. The number of amides is 1. The summed E-state index contributed by atoms with van der Waals surface area (Å²) in [5, 5.41) is 0. The number of morpholine rings is 1. The monoisotopic (exact) mass is 333 g/mol. The van der Waals surface area contributed by atoms with Crippen LogP contribution in [-0.2, 0) is 16.0 Å². The highest BCUT2D eigenvalue weighted by Crippen LogP contribution is 2.30. The third kappa shape index (κ3) is 3.66. The van der Waals surface area contributed by atoms with E-state index in [0.29, 0.717) is 30.9 Å². The molecule has 0 spiro atoms. The number of carbonyl (C=O) groups is 1. The number of nitrogens with zero attached hydrogens (tertiary/aromatic N) is 1. The summed E-state index contributed by atoms with van der Waals surface area (Å²) in [7, 11) is 3.25. The molecule has 2 aliphatic rings. The molecule has 0 aromatic heterocycles. The topological polar surface area (TPSA) is 48.0 Å². The van der Waals surface area contributed by atoms with Crippen LogP contribution in [0.1, 0.15) is 37.7 Å². The number of carbonyl (C=O) groups excluding carboxylic acids is 1. The molecular formula is C19H27NO4. The van der Waals surface area contributed by atoms with Crippen molar-refractivity contribution in [2.24, 2.45) is 0 Å². The highest BCUT2D eigenvalue weighted by Gasteiger charge is 2.36. The molecule has 5 heteroatoms. The van der Waals surface area contributed by atoms with E-state index in [1.54, 1.807) is 14.2 Å². The fraction of sp³-hybridized carbons (Fsp3) is 0.632. The molecule has 1 saturated carbocycles. The van der Waals surface area contributed by atoms with Gasteiger partial charge < -0.3 is 19.1 Å². The average molecular weight is 333 g/mol. The largest absolute Gasteiger partial charge is 0.493 e. The van der Waals surface area contributed by atoms with Gasteiger partial charge in [-0.3, -0.25) is 4.79 Å². The van der Waals surface area contributed by atoms with Crippen molar-refractivity contribution in [3.05, 3.63) is 23.8 Å². The van der Waals surface area contributed by atoms with Crippen molar-refractivity contribution in [3.63, 3.8) is 0 Å². The van der Waals surface area contributed by atoms with Crippen LogP contribution in [0.15, 0.2) is 18.2 Å². The maximum absolute atomic E-state index is 12.7. The summed E-state index contributed by atoms with van der Waals surface area (Å²) < 4.78 is 16.4. The molecule has 2 atom stereocenters. The summed E-state index contributed by atoms with van der Waals surface area (Å²) in [5.74, 6) is 1.66.